The molecule has 0 spiro atoms. The summed E-state index contributed by atoms with van der Waals surface area (Å²) in [6, 6.07) is 13.8. The zero-order chi connectivity index (χ0) is 20.3. The first-order valence-electron chi connectivity index (χ1n) is 8.50. The van der Waals surface area contributed by atoms with Gasteiger partial charge in [-0.15, -0.1) is 0 Å². The molecule has 9 heteroatoms. The second-order valence-electron chi connectivity index (χ2n) is 6.42. The summed E-state index contributed by atoms with van der Waals surface area (Å²) in [4.78, 5) is 12.7. The zero-order valence-corrected chi connectivity index (χ0v) is 16.8. The maximum Gasteiger partial charge on any atom is 0.261 e. The van der Waals surface area contributed by atoms with Gasteiger partial charge in [0.2, 0.25) is 0 Å². The Labute approximate surface area is 168 Å². The molecular weight excluding hydrogens is 400 g/mol. The number of para-hydroxylation sites is 1. The smallest absolute Gasteiger partial charge is 0.261 e. The highest BCUT2D eigenvalue weighted by atomic mass is 35.5. The Bertz CT molecular complexity index is 1090. The van der Waals surface area contributed by atoms with Crippen LogP contribution in [0.5, 0.6) is 0 Å². The molecule has 0 bridgehead atoms. The first-order valence-corrected chi connectivity index (χ1v) is 10.4. The number of sulfonamides is 1. The van der Waals surface area contributed by atoms with E-state index >= 15 is 0 Å². The van der Waals surface area contributed by atoms with Crippen LogP contribution in [0.1, 0.15) is 35.8 Å². The number of rotatable bonds is 6. The van der Waals surface area contributed by atoms with Crippen molar-refractivity contribution < 1.29 is 13.2 Å². The van der Waals surface area contributed by atoms with Gasteiger partial charge in [0.1, 0.15) is 0 Å². The van der Waals surface area contributed by atoms with Crippen LogP contribution < -0.4 is 10.0 Å². The van der Waals surface area contributed by atoms with Gasteiger partial charge in [-0.3, -0.25) is 14.6 Å². The van der Waals surface area contributed by atoms with E-state index in [1.807, 2.05) is 13.8 Å². The lowest BCUT2D eigenvalue weighted by Crippen LogP contribution is -2.18. The molecule has 0 unspecified atom stereocenters. The highest BCUT2D eigenvalue weighted by Gasteiger charge is 2.19. The molecule has 0 radical (unpaired) electrons. The molecule has 0 aliphatic carbocycles. The van der Waals surface area contributed by atoms with Crippen LogP contribution in [0.15, 0.2) is 59.5 Å². The number of aromatic nitrogens is 2. The number of nitrogens with one attached hydrogen (secondary N) is 3. The molecule has 3 aromatic rings. The summed E-state index contributed by atoms with van der Waals surface area (Å²) in [7, 11) is -3.88. The van der Waals surface area contributed by atoms with Crippen molar-refractivity contribution in [3.05, 3.63) is 70.9 Å². The average Bonchev–Trinajstić information content (AvgIpc) is 3.11. The maximum atomic E-state index is 12.7. The number of halogens is 1. The molecule has 0 saturated carbocycles. The standard InChI is InChI=1S/C19H19ClN4O3S/c1-12(2)17-11-18(23-22-17)21-19(25)15-5-3-4-6-16(15)24-28(26,27)14-9-7-13(20)8-10-14/h3-12,24H,1-2H3,(H2,21,22,23,25). The highest BCUT2D eigenvalue weighted by Crippen LogP contribution is 2.23. The van der Waals surface area contributed by atoms with Crippen LogP contribution in [-0.4, -0.2) is 24.5 Å². The van der Waals surface area contributed by atoms with Gasteiger partial charge in [0, 0.05) is 16.8 Å². The molecule has 1 aromatic heterocycles. The summed E-state index contributed by atoms with van der Waals surface area (Å²) in [5.41, 5.74) is 1.22. The number of hydrogen-bond acceptors (Lipinski definition) is 4. The van der Waals surface area contributed by atoms with Crippen molar-refractivity contribution in [2.45, 2.75) is 24.7 Å². The molecular formula is C19H19ClN4O3S. The summed E-state index contributed by atoms with van der Waals surface area (Å²) in [6.45, 7) is 4.00. The molecule has 146 valence electrons. The van der Waals surface area contributed by atoms with Gasteiger partial charge in [-0.1, -0.05) is 37.6 Å². The molecule has 3 N–H and O–H groups in total. The van der Waals surface area contributed by atoms with Gasteiger partial charge >= 0.3 is 0 Å². The third-order valence-corrected chi connectivity index (χ3v) is 5.63. The minimum atomic E-state index is -3.88. The fourth-order valence-corrected chi connectivity index (χ4v) is 3.67. The minimum Gasteiger partial charge on any atom is -0.305 e. The van der Waals surface area contributed by atoms with Gasteiger partial charge < -0.3 is 5.32 Å². The molecule has 3 rings (SSSR count). The molecule has 1 heterocycles. The number of carbonyl (C=O) groups excluding carboxylic acids is 1. The van der Waals surface area contributed by atoms with E-state index in [0.29, 0.717) is 10.8 Å². The van der Waals surface area contributed by atoms with Gasteiger partial charge in [0.25, 0.3) is 15.9 Å². The topological polar surface area (TPSA) is 104 Å². The molecule has 0 aliphatic heterocycles. The van der Waals surface area contributed by atoms with Crippen molar-refractivity contribution in [1.29, 1.82) is 0 Å². The summed E-state index contributed by atoms with van der Waals surface area (Å²) < 4.78 is 27.7. The average molecular weight is 419 g/mol. The lowest BCUT2D eigenvalue weighted by Gasteiger charge is -2.12. The molecule has 0 aliphatic rings. The Balaban J connectivity index is 1.84. The third-order valence-electron chi connectivity index (χ3n) is 4.00. The van der Waals surface area contributed by atoms with Crippen LogP contribution in [0.3, 0.4) is 0 Å². The van der Waals surface area contributed by atoms with E-state index < -0.39 is 15.9 Å². The van der Waals surface area contributed by atoms with Crippen LogP contribution in [0.4, 0.5) is 11.5 Å². The molecule has 0 fully saturated rings. The summed E-state index contributed by atoms with van der Waals surface area (Å²) in [6.07, 6.45) is 0. The van der Waals surface area contributed by atoms with E-state index in [2.05, 4.69) is 20.2 Å². The normalized spacial score (nSPS) is 11.4. The van der Waals surface area contributed by atoms with Crippen LogP contribution in [0.2, 0.25) is 5.02 Å². The Hall–Kier alpha value is -2.84. The van der Waals surface area contributed by atoms with Gasteiger partial charge in [-0.25, -0.2) is 8.42 Å². The number of benzene rings is 2. The van der Waals surface area contributed by atoms with Gasteiger partial charge in [-0.05, 0) is 42.3 Å². The number of anilines is 2. The summed E-state index contributed by atoms with van der Waals surface area (Å²) >= 11 is 5.81. The van der Waals surface area contributed by atoms with E-state index in [4.69, 9.17) is 11.6 Å². The van der Waals surface area contributed by atoms with E-state index in [1.165, 1.54) is 36.4 Å². The van der Waals surface area contributed by atoms with Crippen molar-refractivity contribution in [2.24, 2.45) is 0 Å². The first kappa shape index (κ1) is 19.9. The fourth-order valence-electron chi connectivity index (χ4n) is 2.47. The molecule has 1 amide bonds. The Kier molecular flexibility index (Phi) is 5.71. The SMILES string of the molecule is CC(C)c1cc(NC(=O)c2ccccc2NS(=O)(=O)c2ccc(Cl)cc2)n[nH]1. The van der Waals surface area contributed by atoms with Crippen molar-refractivity contribution >= 4 is 39.0 Å². The van der Waals surface area contributed by atoms with Crippen LogP contribution >= 0.6 is 11.6 Å². The number of H-pyrrole nitrogens is 1. The van der Waals surface area contributed by atoms with Crippen LogP contribution in [0.25, 0.3) is 0 Å². The minimum absolute atomic E-state index is 0.0426. The van der Waals surface area contributed by atoms with Crippen molar-refractivity contribution in [1.82, 2.24) is 10.2 Å². The molecule has 2 aromatic carbocycles. The molecule has 0 atom stereocenters. The second kappa shape index (κ2) is 8.04. The molecule has 28 heavy (non-hydrogen) atoms. The monoisotopic (exact) mass is 418 g/mol. The van der Waals surface area contributed by atoms with Crippen LogP contribution in [0, 0.1) is 0 Å². The van der Waals surface area contributed by atoms with Crippen molar-refractivity contribution in [3.8, 4) is 0 Å². The number of hydrogen-bond donors (Lipinski definition) is 3. The van der Waals surface area contributed by atoms with Gasteiger partial charge in [0.15, 0.2) is 5.82 Å². The molecule has 7 nitrogen and oxygen atoms in total. The number of amides is 1. The Morgan fingerprint density at radius 2 is 1.79 bits per heavy atom. The van der Waals surface area contributed by atoms with E-state index in [9.17, 15) is 13.2 Å². The van der Waals surface area contributed by atoms with E-state index in [-0.39, 0.29) is 22.1 Å². The lowest BCUT2D eigenvalue weighted by atomic mass is 10.1. The Morgan fingerprint density at radius 1 is 1.11 bits per heavy atom. The number of aromatic amines is 1. The number of carbonyl (C=O) groups is 1. The Morgan fingerprint density at radius 3 is 2.43 bits per heavy atom. The second-order valence-corrected chi connectivity index (χ2v) is 8.54. The van der Waals surface area contributed by atoms with Gasteiger partial charge in [-0.2, -0.15) is 5.10 Å². The van der Waals surface area contributed by atoms with E-state index in [0.717, 1.165) is 5.69 Å². The quantitative estimate of drug-likeness (QED) is 0.556. The number of nitrogens with zero attached hydrogens (tertiary/aromatic N) is 1. The van der Waals surface area contributed by atoms with Crippen molar-refractivity contribution in [3.63, 3.8) is 0 Å². The van der Waals surface area contributed by atoms with Crippen molar-refractivity contribution in [2.75, 3.05) is 10.0 Å². The summed E-state index contributed by atoms with van der Waals surface area (Å²) in [5.74, 6) is 0.122. The summed E-state index contributed by atoms with van der Waals surface area (Å²) in [5, 5.41) is 10.0. The van der Waals surface area contributed by atoms with Gasteiger partial charge in [0.05, 0.1) is 16.1 Å². The maximum absolute atomic E-state index is 12.7. The predicted octanol–water partition coefficient (Wildman–Crippen LogP) is 4.24. The first-order chi connectivity index (χ1) is 13.3. The largest absolute Gasteiger partial charge is 0.305 e. The lowest BCUT2D eigenvalue weighted by molar-refractivity contribution is 0.102. The highest BCUT2D eigenvalue weighted by molar-refractivity contribution is 7.92. The van der Waals surface area contributed by atoms with Crippen LogP contribution in [-0.2, 0) is 10.0 Å². The zero-order valence-electron chi connectivity index (χ0n) is 15.2. The fraction of sp³-hybridized carbons (Fsp3) is 0.158. The molecule has 0 saturated heterocycles. The predicted molar refractivity (Wildman–Crippen MR) is 109 cm³/mol. The van der Waals surface area contributed by atoms with E-state index in [1.54, 1.807) is 18.2 Å². The third kappa shape index (κ3) is 4.52.